The Hall–Kier alpha value is -4.83. The van der Waals surface area contributed by atoms with Gasteiger partial charge in [0.1, 0.15) is 12.3 Å². The molecule has 5 amide bonds. The Morgan fingerprint density at radius 2 is 1.42 bits per heavy atom. The number of aryl methyl sites for hydroxylation is 1. The summed E-state index contributed by atoms with van der Waals surface area (Å²) in [6.45, 7) is 2.66. The van der Waals surface area contributed by atoms with Crippen molar-refractivity contribution in [2.45, 2.75) is 109 Å². The minimum Gasteiger partial charge on any atom is -0.480 e. The molecule has 16 nitrogen and oxygen atoms in total. The smallest absolute Gasteiger partial charge is 0.326 e. The lowest BCUT2D eigenvalue weighted by Crippen LogP contribution is -2.50. The number of para-hydroxylation sites is 1. The topological polar surface area (TPSA) is 268 Å². The number of unbranched alkanes of at least 4 members (excludes halogenated alkanes) is 8. The summed E-state index contributed by atoms with van der Waals surface area (Å²) in [4.78, 5) is 83.3. The number of primary amides is 1. The molecule has 2 rings (SSSR count). The van der Waals surface area contributed by atoms with E-state index < -0.39 is 35.8 Å². The molecule has 0 spiro atoms. The number of carboxylic acid groups (broad SMARTS) is 1. The van der Waals surface area contributed by atoms with E-state index in [-0.39, 0.29) is 50.7 Å². The standard InChI is InChI=1S/C28H51N7O8.C9H9N/c29-21(19-31-16-17-33-24(38)12-8-6-4-2-1-3-5-7-11-23(30)37)27(41)34-20-26(40)32-15-14-22(28(42)43)35-25(39)13-9-10-18-36;1-7-6-10-9-5-3-2-4-8(7)9/h18,21-22,31H,1-17,19-20,29H2,(H2,30,37)(H,32,40)(H,33,38)(H,34,41)(H,35,39)(H,42,43);2-6,10H,1H3/t21?,22-;/m1./s1. The summed E-state index contributed by atoms with van der Waals surface area (Å²) < 4.78 is 0. The lowest BCUT2D eigenvalue weighted by molar-refractivity contribution is -0.142. The van der Waals surface area contributed by atoms with Gasteiger partial charge in [-0.05, 0) is 44.2 Å². The number of carboxylic acids is 1. The van der Waals surface area contributed by atoms with E-state index in [1.54, 1.807) is 0 Å². The minimum absolute atomic E-state index is 0.0233. The van der Waals surface area contributed by atoms with E-state index in [4.69, 9.17) is 11.5 Å². The van der Waals surface area contributed by atoms with E-state index >= 15 is 0 Å². The van der Waals surface area contributed by atoms with Gasteiger partial charge in [0.15, 0.2) is 0 Å². The van der Waals surface area contributed by atoms with Crippen molar-refractivity contribution in [2.24, 2.45) is 11.5 Å². The maximum absolute atomic E-state index is 12.1. The molecule has 0 aliphatic carbocycles. The van der Waals surface area contributed by atoms with Gasteiger partial charge < -0.3 is 52.9 Å². The number of fused-ring (bicyclic) bond motifs is 1. The molecule has 0 saturated carbocycles. The molecular weight excluding hydrogens is 684 g/mol. The maximum Gasteiger partial charge on any atom is 0.326 e. The van der Waals surface area contributed by atoms with Gasteiger partial charge in [0.05, 0.1) is 12.6 Å². The zero-order chi connectivity index (χ0) is 39.3. The van der Waals surface area contributed by atoms with Crippen LogP contribution in [-0.2, 0) is 33.6 Å². The first-order chi connectivity index (χ1) is 25.4. The molecule has 0 aliphatic heterocycles. The van der Waals surface area contributed by atoms with E-state index in [9.17, 15) is 38.7 Å². The van der Waals surface area contributed by atoms with Gasteiger partial charge in [-0.2, -0.15) is 0 Å². The molecule has 1 unspecified atom stereocenters. The first-order valence-electron chi connectivity index (χ1n) is 18.5. The first kappa shape index (κ1) is 46.2. The number of H-pyrrole nitrogens is 1. The van der Waals surface area contributed by atoms with Crippen molar-refractivity contribution in [3.05, 3.63) is 36.0 Å². The number of nitrogens with two attached hydrogens (primary N) is 2. The molecule has 53 heavy (non-hydrogen) atoms. The van der Waals surface area contributed by atoms with Crippen molar-refractivity contribution in [1.82, 2.24) is 31.6 Å². The predicted octanol–water partition coefficient (Wildman–Crippen LogP) is 1.44. The predicted molar refractivity (Wildman–Crippen MR) is 202 cm³/mol. The number of benzene rings is 1. The van der Waals surface area contributed by atoms with Crippen molar-refractivity contribution in [2.75, 3.05) is 32.7 Å². The molecule has 1 aromatic heterocycles. The lowest BCUT2D eigenvalue weighted by atomic mass is 10.1. The van der Waals surface area contributed by atoms with Crippen LogP contribution in [0.25, 0.3) is 10.9 Å². The van der Waals surface area contributed by atoms with Crippen LogP contribution in [0.3, 0.4) is 0 Å². The van der Waals surface area contributed by atoms with Crippen LogP contribution < -0.4 is 38.1 Å². The number of nitrogens with one attached hydrogen (secondary N) is 6. The Bertz CT molecular complexity index is 1420. The zero-order valence-electron chi connectivity index (χ0n) is 31.0. The number of aromatic nitrogens is 1. The molecular formula is C37H60N8O8. The van der Waals surface area contributed by atoms with Gasteiger partial charge in [-0.15, -0.1) is 0 Å². The van der Waals surface area contributed by atoms with Crippen molar-refractivity contribution in [3.8, 4) is 0 Å². The summed E-state index contributed by atoms with van der Waals surface area (Å²) in [6, 6.07) is 6.19. The van der Waals surface area contributed by atoms with E-state index in [1.165, 1.54) is 16.5 Å². The second kappa shape index (κ2) is 28.7. The fourth-order valence-electron chi connectivity index (χ4n) is 5.18. The monoisotopic (exact) mass is 744 g/mol. The Morgan fingerprint density at radius 1 is 0.792 bits per heavy atom. The van der Waals surface area contributed by atoms with Crippen LogP contribution in [0, 0.1) is 6.92 Å². The second-order valence-electron chi connectivity index (χ2n) is 12.8. The summed E-state index contributed by atoms with van der Waals surface area (Å²) in [5.41, 5.74) is 13.5. The highest BCUT2D eigenvalue weighted by Gasteiger charge is 2.20. The largest absolute Gasteiger partial charge is 0.480 e. The highest BCUT2D eigenvalue weighted by molar-refractivity contribution is 5.87. The summed E-state index contributed by atoms with van der Waals surface area (Å²) in [5.74, 6) is -3.13. The van der Waals surface area contributed by atoms with E-state index in [1.807, 2.05) is 12.3 Å². The van der Waals surface area contributed by atoms with Gasteiger partial charge in [-0.1, -0.05) is 56.7 Å². The maximum atomic E-state index is 12.1. The summed E-state index contributed by atoms with van der Waals surface area (Å²) in [7, 11) is 0. The normalized spacial score (nSPS) is 11.7. The van der Waals surface area contributed by atoms with Crippen molar-refractivity contribution in [1.29, 1.82) is 0 Å². The summed E-state index contributed by atoms with van der Waals surface area (Å²) >= 11 is 0. The average Bonchev–Trinajstić information content (AvgIpc) is 3.51. The molecule has 0 bridgehead atoms. The van der Waals surface area contributed by atoms with Gasteiger partial charge in [0.2, 0.25) is 29.5 Å². The van der Waals surface area contributed by atoms with Crippen LogP contribution in [0.5, 0.6) is 0 Å². The molecule has 1 heterocycles. The van der Waals surface area contributed by atoms with Gasteiger partial charge in [-0.25, -0.2) is 4.79 Å². The number of hydrogen-bond acceptors (Lipinski definition) is 9. The second-order valence-corrected chi connectivity index (χ2v) is 12.8. The number of rotatable bonds is 28. The molecule has 2 aromatic rings. The van der Waals surface area contributed by atoms with Crippen LogP contribution in [0.2, 0.25) is 0 Å². The van der Waals surface area contributed by atoms with Crippen LogP contribution in [0.4, 0.5) is 0 Å². The Labute approximate surface area is 311 Å². The van der Waals surface area contributed by atoms with Crippen LogP contribution in [0.1, 0.15) is 95.5 Å². The first-order valence-corrected chi connectivity index (χ1v) is 18.5. The lowest BCUT2D eigenvalue weighted by Gasteiger charge is -2.15. The molecule has 1 aromatic carbocycles. The van der Waals surface area contributed by atoms with Crippen LogP contribution in [-0.4, -0.2) is 96.7 Å². The molecule has 16 heteroatoms. The van der Waals surface area contributed by atoms with Crippen LogP contribution in [0.15, 0.2) is 30.5 Å². The summed E-state index contributed by atoms with van der Waals surface area (Å²) in [5, 5.41) is 23.6. The Morgan fingerprint density at radius 3 is 2.06 bits per heavy atom. The Balaban J connectivity index is 0.00000118. The molecule has 0 aliphatic rings. The fraction of sp³-hybridized carbons (Fsp3) is 0.595. The molecule has 11 N–H and O–H groups in total. The molecule has 0 saturated heterocycles. The van der Waals surface area contributed by atoms with E-state index in [2.05, 4.69) is 56.7 Å². The average molecular weight is 745 g/mol. The highest BCUT2D eigenvalue weighted by atomic mass is 16.4. The molecule has 296 valence electrons. The van der Waals surface area contributed by atoms with E-state index in [0.717, 1.165) is 51.4 Å². The van der Waals surface area contributed by atoms with Gasteiger partial charge in [0.25, 0.3) is 0 Å². The van der Waals surface area contributed by atoms with Gasteiger partial charge in [0, 0.05) is 69.0 Å². The van der Waals surface area contributed by atoms with Gasteiger partial charge in [-0.3, -0.25) is 24.0 Å². The zero-order valence-corrected chi connectivity index (χ0v) is 31.0. The van der Waals surface area contributed by atoms with E-state index in [0.29, 0.717) is 38.6 Å². The van der Waals surface area contributed by atoms with Gasteiger partial charge >= 0.3 is 5.97 Å². The van der Waals surface area contributed by atoms with Crippen molar-refractivity contribution in [3.63, 3.8) is 0 Å². The van der Waals surface area contributed by atoms with Crippen molar-refractivity contribution < 1.29 is 38.7 Å². The summed E-state index contributed by atoms with van der Waals surface area (Å²) in [6.07, 6.45) is 12.2. The number of hydrogen-bond donors (Lipinski definition) is 9. The molecule has 2 atom stereocenters. The highest BCUT2D eigenvalue weighted by Crippen LogP contribution is 2.15. The Kier molecular flexibility index (Phi) is 25.0. The molecule has 0 radical (unpaired) electrons. The third-order valence-electron chi connectivity index (χ3n) is 8.24. The number of aldehydes is 1. The number of carbonyl (C=O) groups excluding carboxylic acids is 6. The number of aliphatic carboxylic acids is 1. The fourth-order valence-corrected chi connectivity index (χ4v) is 5.18. The third kappa shape index (κ3) is 23.4. The number of carbonyl (C=O) groups is 7. The van der Waals surface area contributed by atoms with Crippen LogP contribution >= 0.6 is 0 Å². The number of aromatic amines is 1. The van der Waals surface area contributed by atoms with Crippen molar-refractivity contribution >= 4 is 52.7 Å². The molecule has 0 fully saturated rings. The number of amides is 5. The third-order valence-corrected chi connectivity index (χ3v) is 8.24. The quantitative estimate of drug-likeness (QED) is 0.0447. The SMILES string of the molecule is Cc1c[nH]c2ccccc12.NC(=O)CCCCCCCCCCC(=O)NCCNCC(N)C(=O)NCC(=O)NCC[C@@H](NC(=O)CCCC=O)C(=O)O. The minimum atomic E-state index is -1.25.